The minimum atomic E-state index is 0. The van der Waals surface area contributed by atoms with Crippen molar-refractivity contribution in [2.75, 3.05) is 19.7 Å². The maximum absolute atomic E-state index is 11.7. The number of rotatable bonds is 6. The summed E-state index contributed by atoms with van der Waals surface area (Å²) in [4.78, 5) is 11.7. The number of hydrogen-bond donors (Lipinski definition) is 2. The molecule has 0 bridgehead atoms. The molecule has 1 aromatic carbocycles. The van der Waals surface area contributed by atoms with Gasteiger partial charge in [0.25, 0.3) is 0 Å². The van der Waals surface area contributed by atoms with E-state index in [2.05, 4.69) is 17.6 Å². The zero-order chi connectivity index (χ0) is 13.5. The Morgan fingerprint density at radius 3 is 2.80 bits per heavy atom. The highest BCUT2D eigenvalue weighted by Crippen LogP contribution is 2.11. The van der Waals surface area contributed by atoms with Gasteiger partial charge in [-0.05, 0) is 44.9 Å². The summed E-state index contributed by atoms with van der Waals surface area (Å²) in [6.07, 6.45) is 2.87. The van der Waals surface area contributed by atoms with E-state index in [1.165, 1.54) is 5.56 Å². The van der Waals surface area contributed by atoms with Gasteiger partial charge >= 0.3 is 0 Å². The number of ether oxygens (including phenoxy) is 1. The third kappa shape index (κ3) is 5.39. The molecule has 20 heavy (non-hydrogen) atoms. The maximum Gasteiger partial charge on any atom is 0.237 e. The summed E-state index contributed by atoms with van der Waals surface area (Å²) >= 11 is 0. The highest BCUT2D eigenvalue weighted by Gasteiger charge is 2.20. The molecule has 5 heteroatoms. The van der Waals surface area contributed by atoms with Crippen molar-refractivity contribution in [3.8, 4) is 5.75 Å². The first-order chi connectivity index (χ1) is 9.25. The lowest BCUT2D eigenvalue weighted by Gasteiger charge is -2.11. The number of hydrogen-bond acceptors (Lipinski definition) is 3. The minimum Gasteiger partial charge on any atom is -0.494 e. The number of carbonyl (C=O) groups is 1. The van der Waals surface area contributed by atoms with Crippen LogP contribution in [0.4, 0.5) is 0 Å². The van der Waals surface area contributed by atoms with Gasteiger partial charge in [-0.25, -0.2) is 0 Å². The lowest BCUT2D eigenvalue weighted by molar-refractivity contribution is -0.122. The molecule has 0 aromatic heterocycles. The first-order valence-electron chi connectivity index (χ1n) is 6.96. The molecule has 4 nitrogen and oxygen atoms in total. The summed E-state index contributed by atoms with van der Waals surface area (Å²) in [5.41, 5.74) is 1.23. The predicted octanol–water partition coefficient (Wildman–Crippen LogP) is 2.05. The van der Waals surface area contributed by atoms with Crippen molar-refractivity contribution < 1.29 is 9.53 Å². The Hall–Kier alpha value is -1.26. The third-order valence-electron chi connectivity index (χ3n) is 3.29. The van der Waals surface area contributed by atoms with Crippen LogP contribution in [0.3, 0.4) is 0 Å². The standard InChI is InChI=1S/C15H22N2O2.ClH/c1-12-5-7-13(8-6-12)19-11-3-10-17-15(18)14-4-2-9-16-14;/h5-8,14,16H,2-4,9-11H2,1H3,(H,17,18);1H. The van der Waals surface area contributed by atoms with Gasteiger partial charge in [-0.2, -0.15) is 0 Å². The van der Waals surface area contributed by atoms with E-state index < -0.39 is 0 Å². The van der Waals surface area contributed by atoms with Gasteiger partial charge in [0.05, 0.1) is 12.6 Å². The second kappa shape index (κ2) is 8.82. The molecule has 1 heterocycles. The first-order valence-corrected chi connectivity index (χ1v) is 6.96. The van der Waals surface area contributed by atoms with Crippen molar-refractivity contribution in [2.45, 2.75) is 32.2 Å². The topological polar surface area (TPSA) is 50.4 Å². The summed E-state index contributed by atoms with van der Waals surface area (Å²) in [5.74, 6) is 1.00. The van der Waals surface area contributed by atoms with Crippen LogP contribution in [0.5, 0.6) is 5.75 Å². The van der Waals surface area contributed by atoms with Crippen molar-refractivity contribution in [2.24, 2.45) is 0 Å². The van der Waals surface area contributed by atoms with Gasteiger partial charge < -0.3 is 15.4 Å². The monoisotopic (exact) mass is 298 g/mol. The first kappa shape index (κ1) is 16.8. The lowest BCUT2D eigenvalue weighted by atomic mass is 10.2. The number of aryl methyl sites for hydroxylation is 1. The highest BCUT2D eigenvalue weighted by atomic mass is 35.5. The maximum atomic E-state index is 11.7. The molecular formula is C15H23ClN2O2. The summed E-state index contributed by atoms with van der Waals surface area (Å²) in [6, 6.07) is 8.01. The van der Waals surface area contributed by atoms with E-state index in [1.807, 2.05) is 24.3 Å². The Balaban J connectivity index is 0.00000200. The SMILES string of the molecule is Cc1ccc(OCCCNC(=O)C2CCCN2)cc1.Cl. The second-order valence-corrected chi connectivity index (χ2v) is 4.96. The fraction of sp³-hybridized carbons (Fsp3) is 0.533. The molecule has 112 valence electrons. The summed E-state index contributed by atoms with van der Waals surface area (Å²) < 4.78 is 5.60. The van der Waals surface area contributed by atoms with Crippen LogP contribution in [0.15, 0.2) is 24.3 Å². The van der Waals surface area contributed by atoms with Crippen molar-refractivity contribution in [1.29, 1.82) is 0 Å². The van der Waals surface area contributed by atoms with Gasteiger partial charge in [0, 0.05) is 6.54 Å². The van der Waals surface area contributed by atoms with Crippen LogP contribution in [-0.2, 0) is 4.79 Å². The van der Waals surface area contributed by atoms with E-state index in [1.54, 1.807) is 0 Å². The summed E-state index contributed by atoms with van der Waals surface area (Å²) in [5, 5.41) is 6.12. The molecule has 1 atom stereocenters. The molecule has 0 aliphatic carbocycles. The van der Waals surface area contributed by atoms with E-state index in [0.717, 1.165) is 31.6 Å². The Labute approximate surface area is 126 Å². The Bertz CT molecular complexity index is 403. The smallest absolute Gasteiger partial charge is 0.237 e. The van der Waals surface area contributed by atoms with Crippen molar-refractivity contribution in [3.63, 3.8) is 0 Å². The van der Waals surface area contributed by atoms with E-state index in [0.29, 0.717) is 13.2 Å². The van der Waals surface area contributed by atoms with Gasteiger partial charge in [0.1, 0.15) is 5.75 Å². The van der Waals surface area contributed by atoms with E-state index in [4.69, 9.17) is 4.74 Å². The number of carbonyl (C=O) groups excluding carboxylic acids is 1. The lowest BCUT2D eigenvalue weighted by Crippen LogP contribution is -2.40. The number of benzene rings is 1. The van der Waals surface area contributed by atoms with Crippen LogP contribution < -0.4 is 15.4 Å². The van der Waals surface area contributed by atoms with Crippen LogP contribution in [0.25, 0.3) is 0 Å². The molecule has 2 N–H and O–H groups in total. The largest absolute Gasteiger partial charge is 0.494 e. The Morgan fingerprint density at radius 2 is 2.15 bits per heavy atom. The molecule has 1 aliphatic heterocycles. The van der Waals surface area contributed by atoms with Crippen LogP contribution in [0.2, 0.25) is 0 Å². The molecule has 0 radical (unpaired) electrons. The number of amides is 1. The van der Waals surface area contributed by atoms with Gasteiger partial charge in [0.2, 0.25) is 5.91 Å². The predicted molar refractivity (Wildman–Crippen MR) is 82.6 cm³/mol. The fourth-order valence-corrected chi connectivity index (χ4v) is 2.14. The summed E-state index contributed by atoms with van der Waals surface area (Å²) in [7, 11) is 0. The number of nitrogens with one attached hydrogen (secondary N) is 2. The Kier molecular flexibility index (Phi) is 7.41. The highest BCUT2D eigenvalue weighted by molar-refractivity contribution is 5.85. The Morgan fingerprint density at radius 1 is 1.40 bits per heavy atom. The van der Waals surface area contributed by atoms with E-state index in [9.17, 15) is 4.79 Å². The third-order valence-corrected chi connectivity index (χ3v) is 3.29. The average molecular weight is 299 g/mol. The zero-order valence-electron chi connectivity index (χ0n) is 11.9. The van der Waals surface area contributed by atoms with Crippen LogP contribution in [0, 0.1) is 6.92 Å². The molecule has 0 spiro atoms. The molecule has 1 aliphatic rings. The van der Waals surface area contributed by atoms with E-state index >= 15 is 0 Å². The fourth-order valence-electron chi connectivity index (χ4n) is 2.14. The molecule has 1 saturated heterocycles. The van der Waals surface area contributed by atoms with Crippen LogP contribution in [-0.4, -0.2) is 31.6 Å². The van der Waals surface area contributed by atoms with Gasteiger partial charge in [-0.15, -0.1) is 12.4 Å². The van der Waals surface area contributed by atoms with Crippen LogP contribution in [0.1, 0.15) is 24.8 Å². The zero-order valence-corrected chi connectivity index (χ0v) is 12.7. The molecule has 1 unspecified atom stereocenters. The van der Waals surface area contributed by atoms with Crippen molar-refractivity contribution in [3.05, 3.63) is 29.8 Å². The van der Waals surface area contributed by atoms with Gasteiger partial charge in [-0.3, -0.25) is 4.79 Å². The van der Waals surface area contributed by atoms with Gasteiger partial charge in [-0.1, -0.05) is 17.7 Å². The van der Waals surface area contributed by atoms with Crippen molar-refractivity contribution in [1.82, 2.24) is 10.6 Å². The molecule has 0 saturated carbocycles. The quantitative estimate of drug-likeness (QED) is 0.790. The van der Waals surface area contributed by atoms with Crippen molar-refractivity contribution >= 4 is 18.3 Å². The molecular weight excluding hydrogens is 276 g/mol. The van der Waals surface area contributed by atoms with Gasteiger partial charge in [0.15, 0.2) is 0 Å². The van der Waals surface area contributed by atoms with Crippen LogP contribution >= 0.6 is 12.4 Å². The molecule has 2 rings (SSSR count). The molecule has 1 aromatic rings. The normalized spacial score (nSPS) is 17.4. The average Bonchev–Trinajstić information content (AvgIpc) is 2.94. The molecule has 1 fully saturated rings. The van der Waals surface area contributed by atoms with E-state index in [-0.39, 0.29) is 24.4 Å². The number of halogens is 1. The molecule has 1 amide bonds. The summed E-state index contributed by atoms with van der Waals surface area (Å²) in [6.45, 7) is 4.30. The minimum absolute atomic E-state index is 0. The second-order valence-electron chi connectivity index (χ2n) is 4.96.